The van der Waals surface area contributed by atoms with Gasteiger partial charge in [-0.15, -0.1) is 0 Å². The maximum Gasteiger partial charge on any atom is 0.123 e. The van der Waals surface area contributed by atoms with E-state index >= 15 is 0 Å². The van der Waals surface area contributed by atoms with Crippen LogP contribution in [0.25, 0.3) is 0 Å². The third kappa shape index (κ3) is 5.15. The van der Waals surface area contributed by atoms with Gasteiger partial charge in [0.15, 0.2) is 0 Å². The van der Waals surface area contributed by atoms with E-state index in [2.05, 4.69) is 6.58 Å². The van der Waals surface area contributed by atoms with Gasteiger partial charge in [-0.3, -0.25) is 0 Å². The van der Waals surface area contributed by atoms with E-state index in [-0.39, 0.29) is 0 Å². The van der Waals surface area contributed by atoms with Crippen LogP contribution in [-0.2, 0) is 4.79 Å². The maximum absolute atomic E-state index is 9.71. The number of allylic oxidation sites excluding steroid dienone is 3. The molecule has 0 spiro atoms. The molecule has 44 valence electrons. The lowest BCUT2D eigenvalue weighted by atomic mass is 10.3. The van der Waals surface area contributed by atoms with Crippen molar-refractivity contribution in [1.82, 2.24) is 0 Å². The molecule has 0 aromatic heterocycles. The van der Waals surface area contributed by atoms with Crippen LogP contribution in [0, 0.1) is 0 Å². The van der Waals surface area contributed by atoms with Gasteiger partial charge in [0, 0.05) is 6.42 Å². The van der Waals surface area contributed by atoms with Crippen molar-refractivity contribution in [2.75, 3.05) is 0 Å². The van der Waals surface area contributed by atoms with Crippen LogP contribution in [0.4, 0.5) is 0 Å². The van der Waals surface area contributed by atoms with E-state index in [1.165, 1.54) is 0 Å². The Labute approximate surface area is 49.7 Å². The molecule has 0 aromatic carbocycles. The first kappa shape index (κ1) is 7.15. The van der Waals surface area contributed by atoms with Gasteiger partial charge < -0.3 is 4.79 Å². The molecular weight excluding hydrogens is 100 g/mol. The smallest absolute Gasteiger partial charge is 0.123 e. The van der Waals surface area contributed by atoms with Crippen LogP contribution in [0.15, 0.2) is 24.3 Å². The van der Waals surface area contributed by atoms with E-state index in [1.807, 2.05) is 13.0 Å². The molecular formula is C7H10O. The highest BCUT2D eigenvalue weighted by Gasteiger charge is 1.71. The third-order valence-corrected chi connectivity index (χ3v) is 0.635. The van der Waals surface area contributed by atoms with Crippen molar-refractivity contribution in [3.8, 4) is 0 Å². The minimum Gasteiger partial charge on any atom is -0.303 e. The van der Waals surface area contributed by atoms with E-state index in [9.17, 15) is 4.79 Å². The van der Waals surface area contributed by atoms with Crippen molar-refractivity contribution in [1.29, 1.82) is 0 Å². The number of rotatable bonds is 3. The van der Waals surface area contributed by atoms with Crippen molar-refractivity contribution in [3.63, 3.8) is 0 Å². The van der Waals surface area contributed by atoms with Crippen LogP contribution in [0.1, 0.15) is 13.3 Å². The van der Waals surface area contributed by atoms with Crippen LogP contribution < -0.4 is 0 Å². The number of aldehydes is 1. The van der Waals surface area contributed by atoms with Crippen molar-refractivity contribution >= 4 is 6.29 Å². The Morgan fingerprint density at radius 1 is 1.75 bits per heavy atom. The highest BCUT2D eigenvalue weighted by molar-refractivity contribution is 5.52. The summed E-state index contributed by atoms with van der Waals surface area (Å²) in [6.45, 7) is 5.51. The van der Waals surface area contributed by atoms with E-state index in [1.54, 1.807) is 6.08 Å². The van der Waals surface area contributed by atoms with Gasteiger partial charge in [-0.05, 0) is 6.92 Å². The molecule has 0 aliphatic rings. The Hall–Kier alpha value is -0.850. The molecule has 0 heterocycles. The first-order valence-corrected chi connectivity index (χ1v) is 2.53. The number of hydrogen-bond acceptors (Lipinski definition) is 1. The molecule has 0 saturated heterocycles. The van der Waals surface area contributed by atoms with Gasteiger partial charge in [-0.25, -0.2) is 0 Å². The number of carbonyl (C=O) groups is 1. The Morgan fingerprint density at radius 3 is 2.75 bits per heavy atom. The highest BCUT2D eigenvalue weighted by atomic mass is 16.1. The summed E-state index contributed by atoms with van der Waals surface area (Å²) in [5.41, 5.74) is 0.979. The van der Waals surface area contributed by atoms with Crippen LogP contribution in [-0.4, -0.2) is 6.29 Å². The predicted molar refractivity (Wildman–Crippen MR) is 34.6 cm³/mol. The lowest BCUT2D eigenvalue weighted by Crippen LogP contribution is -1.66. The predicted octanol–water partition coefficient (Wildman–Crippen LogP) is 1.71. The van der Waals surface area contributed by atoms with Crippen LogP contribution in [0.2, 0.25) is 0 Å². The normalized spacial score (nSPS) is 9.62. The molecule has 0 atom stereocenters. The fourth-order valence-corrected chi connectivity index (χ4v) is 0.325. The molecule has 1 heteroatoms. The minimum absolute atomic E-state index is 0.493. The molecule has 0 aliphatic carbocycles. The topological polar surface area (TPSA) is 17.1 Å². The van der Waals surface area contributed by atoms with Crippen molar-refractivity contribution < 1.29 is 4.79 Å². The lowest BCUT2D eigenvalue weighted by Gasteiger charge is -1.79. The van der Waals surface area contributed by atoms with E-state index in [0.717, 1.165) is 11.9 Å². The largest absolute Gasteiger partial charge is 0.303 e. The van der Waals surface area contributed by atoms with Crippen molar-refractivity contribution in [2.45, 2.75) is 13.3 Å². The standard InChI is InChI=1S/C7H10O/c1-7(2)5-3-4-6-8/h3,5-6H,1,4H2,2H3. The zero-order chi connectivity index (χ0) is 6.41. The Morgan fingerprint density at radius 2 is 2.38 bits per heavy atom. The summed E-state index contributed by atoms with van der Waals surface area (Å²) in [4.78, 5) is 9.71. The summed E-state index contributed by atoms with van der Waals surface area (Å²) in [6.07, 6.45) is 4.97. The molecule has 0 amide bonds. The van der Waals surface area contributed by atoms with E-state index in [4.69, 9.17) is 0 Å². The van der Waals surface area contributed by atoms with Gasteiger partial charge in [0.2, 0.25) is 0 Å². The number of carbonyl (C=O) groups excluding carboxylic acids is 1. The van der Waals surface area contributed by atoms with Crippen LogP contribution in [0.3, 0.4) is 0 Å². The summed E-state index contributed by atoms with van der Waals surface area (Å²) in [5, 5.41) is 0. The highest BCUT2D eigenvalue weighted by Crippen LogP contribution is 1.88. The molecule has 0 aliphatic heterocycles. The summed E-state index contributed by atoms with van der Waals surface area (Å²) in [7, 11) is 0. The van der Waals surface area contributed by atoms with Gasteiger partial charge in [0.05, 0.1) is 0 Å². The van der Waals surface area contributed by atoms with Crippen molar-refractivity contribution in [2.24, 2.45) is 0 Å². The quantitative estimate of drug-likeness (QED) is 0.399. The summed E-state index contributed by atoms with van der Waals surface area (Å²) in [5.74, 6) is 0. The van der Waals surface area contributed by atoms with Crippen molar-refractivity contribution in [3.05, 3.63) is 24.3 Å². The third-order valence-electron chi connectivity index (χ3n) is 0.635. The Balaban J connectivity index is 3.34. The second-order valence-electron chi connectivity index (χ2n) is 1.65. The molecule has 8 heavy (non-hydrogen) atoms. The first-order valence-electron chi connectivity index (χ1n) is 2.53. The molecule has 1 nitrogen and oxygen atoms in total. The zero-order valence-electron chi connectivity index (χ0n) is 5.05. The molecule has 0 bridgehead atoms. The van der Waals surface area contributed by atoms with E-state index < -0.39 is 0 Å². The second-order valence-corrected chi connectivity index (χ2v) is 1.65. The second kappa shape index (κ2) is 4.31. The maximum atomic E-state index is 9.71. The molecule has 0 N–H and O–H groups in total. The van der Waals surface area contributed by atoms with Crippen LogP contribution >= 0.6 is 0 Å². The zero-order valence-corrected chi connectivity index (χ0v) is 5.05. The Bertz CT molecular complexity index is 112. The summed E-state index contributed by atoms with van der Waals surface area (Å²) < 4.78 is 0. The average molecular weight is 110 g/mol. The monoisotopic (exact) mass is 110 g/mol. The number of hydrogen-bond donors (Lipinski definition) is 0. The molecule has 0 saturated carbocycles. The van der Waals surface area contributed by atoms with Crippen LogP contribution in [0.5, 0.6) is 0 Å². The summed E-state index contributed by atoms with van der Waals surface area (Å²) in [6, 6.07) is 0. The van der Waals surface area contributed by atoms with Gasteiger partial charge in [-0.1, -0.05) is 24.3 Å². The molecule has 0 fully saturated rings. The average Bonchev–Trinajstić information content (AvgIpc) is 1.66. The Kier molecular flexibility index (Phi) is 3.85. The molecule has 0 radical (unpaired) electrons. The van der Waals surface area contributed by atoms with Gasteiger partial charge in [0.25, 0.3) is 0 Å². The molecule has 0 unspecified atom stereocenters. The lowest BCUT2D eigenvalue weighted by molar-refractivity contribution is -0.107. The van der Waals surface area contributed by atoms with Gasteiger partial charge >= 0.3 is 0 Å². The first-order chi connectivity index (χ1) is 3.77. The van der Waals surface area contributed by atoms with Gasteiger partial charge in [0.1, 0.15) is 6.29 Å². The minimum atomic E-state index is 0.493. The molecule has 0 rings (SSSR count). The van der Waals surface area contributed by atoms with E-state index in [0.29, 0.717) is 6.42 Å². The fraction of sp³-hybridized carbons (Fsp3) is 0.286. The summed E-state index contributed by atoms with van der Waals surface area (Å²) >= 11 is 0. The van der Waals surface area contributed by atoms with Gasteiger partial charge in [-0.2, -0.15) is 0 Å². The fourth-order valence-electron chi connectivity index (χ4n) is 0.325. The molecule has 0 aromatic rings. The SMILES string of the molecule is C=C(C)C=CCC=O.